The molecule has 0 heterocycles. The van der Waals surface area contributed by atoms with E-state index in [2.05, 4.69) is 42.4 Å². The summed E-state index contributed by atoms with van der Waals surface area (Å²) in [7, 11) is 0. The maximum Gasteiger partial charge on any atom is 0.338 e. The number of halogens is 1. The van der Waals surface area contributed by atoms with E-state index in [0.717, 1.165) is 36.6 Å². The minimum absolute atomic E-state index is 0.130. The van der Waals surface area contributed by atoms with Crippen molar-refractivity contribution in [1.29, 1.82) is 0 Å². The lowest BCUT2D eigenvalue weighted by Crippen LogP contribution is -2.48. The minimum atomic E-state index is -0.703. The fourth-order valence-corrected chi connectivity index (χ4v) is 6.50. The molecule has 0 aliphatic heterocycles. The molecule has 0 aromatic heterocycles. The van der Waals surface area contributed by atoms with Gasteiger partial charge < -0.3 is 4.74 Å². The fourth-order valence-electron chi connectivity index (χ4n) is 6.23. The summed E-state index contributed by atoms with van der Waals surface area (Å²) in [6.07, 6.45) is 9.04. The molecule has 3 aliphatic rings. The highest BCUT2D eigenvalue weighted by Crippen LogP contribution is 2.61. The van der Waals surface area contributed by atoms with Gasteiger partial charge in [0.2, 0.25) is 0 Å². The van der Waals surface area contributed by atoms with Crippen LogP contribution in [0.1, 0.15) is 76.1 Å². The van der Waals surface area contributed by atoms with Gasteiger partial charge in [0.25, 0.3) is 0 Å². The molecule has 1 aromatic rings. The number of rotatable bonds is 4. The molecule has 0 unspecified atom stereocenters. The third-order valence-electron chi connectivity index (χ3n) is 8.57. The Morgan fingerprint density at radius 3 is 2.52 bits per heavy atom. The lowest BCUT2D eigenvalue weighted by atomic mass is 9.49. The highest BCUT2D eigenvalue weighted by molar-refractivity contribution is 9.10. The van der Waals surface area contributed by atoms with Crippen LogP contribution in [0.2, 0.25) is 0 Å². The first-order valence-corrected chi connectivity index (χ1v) is 12.2. The van der Waals surface area contributed by atoms with Gasteiger partial charge in [0.15, 0.2) is 0 Å². The molecule has 4 atom stereocenters. The fraction of sp³-hybridized carbons (Fsp3) is 0.556. The molecule has 4 heteroatoms. The highest BCUT2D eigenvalue weighted by Gasteiger charge is 2.53. The summed E-state index contributed by atoms with van der Waals surface area (Å²) in [5, 5.41) is 0. The topological polar surface area (TPSA) is 43.4 Å². The maximum atomic E-state index is 13.1. The van der Waals surface area contributed by atoms with Crippen molar-refractivity contribution in [2.45, 2.75) is 65.7 Å². The number of carbonyl (C=O) groups is 2. The second kappa shape index (κ2) is 8.03. The summed E-state index contributed by atoms with van der Waals surface area (Å²) in [5.74, 6) is 0.475. The lowest BCUT2D eigenvalue weighted by molar-refractivity contribution is -0.129. The van der Waals surface area contributed by atoms with E-state index in [4.69, 9.17) is 4.74 Å². The zero-order valence-corrected chi connectivity index (χ0v) is 20.5. The number of esters is 1. The van der Waals surface area contributed by atoms with E-state index in [1.807, 2.05) is 19.1 Å². The molecule has 0 spiro atoms. The van der Waals surface area contributed by atoms with Gasteiger partial charge in [0.05, 0.1) is 11.0 Å². The number of benzene rings is 1. The van der Waals surface area contributed by atoms with E-state index < -0.39 is 5.41 Å². The molecule has 3 nitrogen and oxygen atoms in total. The van der Waals surface area contributed by atoms with Crippen molar-refractivity contribution >= 4 is 27.7 Å². The first-order chi connectivity index (χ1) is 14.6. The molecule has 1 aromatic carbocycles. The molecule has 0 N–H and O–H groups in total. The Hall–Kier alpha value is -1.68. The van der Waals surface area contributed by atoms with Gasteiger partial charge in [-0.2, -0.15) is 0 Å². The Labute approximate surface area is 194 Å². The molecular formula is C27H33BrO3. The largest absolute Gasteiger partial charge is 0.461 e. The zero-order valence-electron chi connectivity index (χ0n) is 18.9. The summed E-state index contributed by atoms with van der Waals surface area (Å²) in [6, 6.07) is 7.14. The monoisotopic (exact) mass is 484 g/mol. The Morgan fingerprint density at radius 2 is 1.84 bits per heavy atom. The molecule has 1 saturated carbocycles. The molecule has 0 bridgehead atoms. The SMILES string of the molecule is C=C[C@@]1(C)CC[C@]2(C)C3=C(CC[C@H]2C1)[C@](C)(COC(=O)c1ccc(Br)cc1)C(=O)CC3. The van der Waals surface area contributed by atoms with Crippen molar-refractivity contribution in [2.24, 2.45) is 22.2 Å². The van der Waals surface area contributed by atoms with E-state index in [9.17, 15) is 9.59 Å². The highest BCUT2D eigenvalue weighted by atomic mass is 79.9. The number of ether oxygens (including phenoxy) is 1. The molecule has 166 valence electrons. The third-order valence-corrected chi connectivity index (χ3v) is 9.10. The van der Waals surface area contributed by atoms with Crippen LogP contribution in [0.4, 0.5) is 0 Å². The normalized spacial score (nSPS) is 35.2. The Balaban J connectivity index is 1.60. The van der Waals surface area contributed by atoms with Crippen LogP contribution in [-0.2, 0) is 9.53 Å². The number of allylic oxidation sites excluding steroid dienone is 2. The van der Waals surface area contributed by atoms with Crippen LogP contribution in [0.15, 0.2) is 52.5 Å². The van der Waals surface area contributed by atoms with Gasteiger partial charge in [-0.15, -0.1) is 6.58 Å². The van der Waals surface area contributed by atoms with Gasteiger partial charge in [0, 0.05) is 10.9 Å². The van der Waals surface area contributed by atoms with Crippen LogP contribution in [-0.4, -0.2) is 18.4 Å². The maximum absolute atomic E-state index is 13.1. The van der Waals surface area contributed by atoms with Crippen molar-refractivity contribution < 1.29 is 14.3 Å². The van der Waals surface area contributed by atoms with E-state index >= 15 is 0 Å². The van der Waals surface area contributed by atoms with Crippen molar-refractivity contribution in [2.75, 3.05) is 6.61 Å². The van der Waals surface area contributed by atoms with Gasteiger partial charge in [-0.25, -0.2) is 4.79 Å². The number of fused-ring (bicyclic) bond motifs is 2. The average Bonchev–Trinajstić information content (AvgIpc) is 2.76. The first kappa shape index (κ1) is 22.5. The van der Waals surface area contributed by atoms with Crippen LogP contribution in [0.3, 0.4) is 0 Å². The zero-order chi connectivity index (χ0) is 22.4. The van der Waals surface area contributed by atoms with Crippen LogP contribution in [0, 0.1) is 22.2 Å². The quantitative estimate of drug-likeness (QED) is 0.339. The summed E-state index contributed by atoms with van der Waals surface area (Å²) < 4.78 is 6.64. The molecule has 4 rings (SSSR count). The number of hydrogen-bond acceptors (Lipinski definition) is 3. The lowest BCUT2D eigenvalue weighted by Gasteiger charge is -2.55. The van der Waals surface area contributed by atoms with Crippen LogP contribution in [0.5, 0.6) is 0 Å². The molecular weight excluding hydrogens is 452 g/mol. The minimum Gasteiger partial charge on any atom is -0.461 e. The predicted octanol–water partition coefficient (Wildman–Crippen LogP) is 7.06. The van der Waals surface area contributed by atoms with Crippen LogP contribution >= 0.6 is 15.9 Å². The van der Waals surface area contributed by atoms with Gasteiger partial charge in [-0.1, -0.05) is 47.0 Å². The Morgan fingerprint density at radius 1 is 1.13 bits per heavy atom. The molecule has 0 saturated heterocycles. The average molecular weight is 485 g/mol. The second-order valence-corrected chi connectivity index (χ2v) is 11.4. The van der Waals surface area contributed by atoms with Crippen molar-refractivity contribution in [1.82, 2.24) is 0 Å². The smallest absolute Gasteiger partial charge is 0.338 e. The number of ketones is 1. The first-order valence-electron chi connectivity index (χ1n) is 11.4. The Bertz CT molecular complexity index is 946. The molecule has 31 heavy (non-hydrogen) atoms. The third kappa shape index (κ3) is 3.86. The van der Waals surface area contributed by atoms with Crippen molar-refractivity contribution in [3.05, 3.63) is 58.1 Å². The molecule has 0 amide bonds. The summed E-state index contributed by atoms with van der Waals surface area (Å²) in [5.41, 5.74) is 2.91. The second-order valence-electron chi connectivity index (χ2n) is 10.5. The Kier molecular flexibility index (Phi) is 5.83. The van der Waals surface area contributed by atoms with Gasteiger partial charge in [-0.05, 0) is 86.5 Å². The number of carbonyl (C=O) groups excluding carboxylic acids is 2. The van der Waals surface area contributed by atoms with E-state index in [-0.39, 0.29) is 29.2 Å². The van der Waals surface area contributed by atoms with Crippen LogP contribution in [0.25, 0.3) is 0 Å². The van der Waals surface area contributed by atoms with Crippen molar-refractivity contribution in [3.8, 4) is 0 Å². The summed E-state index contributed by atoms with van der Waals surface area (Å²) in [6.45, 7) is 11.0. The predicted molar refractivity (Wildman–Crippen MR) is 127 cm³/mol. The van der Waals surface area contributed by atoms with Crippen LogP contribution < -0.4 is 0 Å². The standard InChI is InChI=1S/C27H33BrO3/c1-5-25(2)14-15-26(3)19(16-25)8-11-22-21(26)12-13-23(29)27(22,4)17-31-24(30)18-6-9-20(28)10-7-18/h5-7,9-10,19H,1,8,11-17H2,2-4H3/t19-,25-,26-,27-/m0/s1. The van der Waals surface area contributed by atoms with E-state index in [1.54, 1.807) is 12.1 Å². The van der Waals surface area contributed by atoms with Gasteiger partial charge in [0.1, 0.15) is 12.4 Å². The molecule has 1 fully saturated rings. The van der Waals surface area contributed by atoms with E-state index in [1.165, 1.54) is 17.6 Å². The molecule has 3 aliphatic carbocycles. The molecule has 0 radical (unpaired) electrons. The van der Waals surface area contributed by atoms with E-state index in [0.29, 0.717) is 17.9 Å². The van der Waals surface area contributed by atoms with Gasteiger partial charge in [-0.3, -0.25) is 4.79 Å². The van der Waals surface area contributed by atoms with Crippen molar-refractivity contribution in [3.63, 3.8) is 0 Å². The van der Waals surface area contributed by atoms with Gasteiger partial charge >= 0.3 is 5.97 Å². The number of Topliss-reactive ketones (excluding diaryl/α,β-unsaturated/α-hetero) is 1. The summed E-state index contributed by atoms with van der Waals surface area (Å²) in [4.78, 5) is 25.8. The number of hydrogen-bond donors (Lipinski definition) is 0. The summed E-state index contributed by atoms with van der Waals surface area (Å²) >= 11 is 3.39.